The van der Waals surface area contributed by atoms with E-state index in [1.54, 1.807) is 6.07 Å². The topological polar surface area (TPSA) is 34.6 Å². The number of nitrogens with zero attached hydrogens (tertiary/aromatic N) is 1. The molecule has 0 spiro atoms. The predicted molar refractivity (Wildman–Crippen MR) is 29.6 cm³/mol. The molecule has 0 atom stereocenters. The fourth-order valence-electron chi connectivity index (χ4n) is 0.455. The maximum absolute atomic E-state index is 10.4. The summed E-state index contributed by atoms with van der Waals surface area (Å²) in [5.74, 6) is -0.551. The van der Waals surface area contributed by atoms with Crippen LogP contribution in [0, 0.1) is 6.57 Å². The maximum Gasteiger partial charge on any atom is 0.420 e. The Labute approximate surface area is 51.7 Å². The van der Waals surface area contributed by atoms with Crippen LogP contribution in [0.5, 0.6) is 0 Å². The van der Waals surface area contributed by atoms with Crippen LogP contribution in [0.25, 0.3) is 4.85 Å². The molecule has 1 heterocycles. The lowest BCUT2D eigenvalue weighted by atomic mass is 10.4. The molecule has 0 aromatic carbocycles. The van der Waals surface area contributed by atoms with E-state index >= 15 is 0 Å². The maximum atomic E-state index is 10.4. The van der Waals surface area contributed by atoms with Crippen molar-refractivity contribution in [3.63, 3.8) is 0 Å². The molecule has 9 heavy (non-hydrogen) atoms. The molecule has 0 unspecified atom stereocenters. The molecular formula is C6H3NO2. The molecule has 0 fully saturated rings. The minimum atomic E-state index is -0.653. The van der Waals surface area contributed by atoms with E-state index in [0.29, 0.717) is 0 Å². The van der Waals surface area contributed by atoms with Gasteiger partial charge in [-0.2, -0.15) is 4.85 Å². The summed E-state index contributed by atoms with van der Waals surface area (Å²) < 4.78 is 4.62. The molecular weight excluding hydrogens is 118 g/mol. The van der Waals surface area contributed by atoms with Crippen LogP contribution >= 0.6 is 0 Å². The highest BCUT2D eigenvalue weighted by Gasteiger charge is 2.04. The first-order chi connectivity index (χ1) is 4.34. The van der Waals surface area contributed by atoms with E-state index in [9.17, 15) is 4.79 Å². The molecule has 1 rings (SSSR count). The Morgan fingerprint density at radius 2 is 2.56 bits per heavy atom. The van der Waals surface area contributed by atoms with Gasteiger partial charge in [0.2, 0.25) is 0 Å². The van der Waals surface area contributed by atoms with Gasteiger partial charge in [-0.15, -0.1) is 0 Å². The van der Waals surface area contributed by atoms with Crippen molar-refractivity contribution >= 4 is 5.91 Å². The number of rotatable bonds is 1. The van der Waals surface area contributed by atoms with Gasteiger partial charge in [-0.3, -0.25) is 0 Å². The average molecular weight is 121 g/mol. The summed E-state index contributed by atoms with van der Waals surface area (Å²) in [4.78, 5) is 13.1. The third-order valence-electron chi connectivity index (χ3n) is 0.834. The Kier molecular flexibility index (Phi) is 1.32. The molecule has 0 bridgehead atoms. The fourth-order valence-corrected chi connectivity index (χ4v) is 0.455. The van der Waals surface area contributed by atoms with Crippen LogP contribution in [0.4, 0.5) is 0 Å². The highest BCUT2D eigenvalue weighted by molar-refractivity contribution is 5.99. The molecule has 44 valence electrons. The zero-order valence-corrected chi connectivity index (χ0v) is 4.50. The molecule has 0 radical (unpaired) electrons. The average Bonchev–Trinajstić information content (AvgIpc) is 2.37. The van der Waals surface area contributed by atoms with Gasteiger partial charge in [-0.25, -0.2) is 0 Å². The van der Waals surface area contributed by atoms with Gasteiger partial charge < -0.3 is 9.21 Å². The molecule has 0 aliphatic rings. The molecule has 0 aliphatic heterocycles. The number of hydrogen-bond acceptors (Lipinski definition) is 2. The number of carbonyl (C=O) groups is 1. The third kappa shape index (κ3) is 0.970. The van der Waals surface area contributed by atoms with Crippen molar-refractivity contribution in [2.75, 3.05) is 0 Å². The molecule has 1 amide bonds. The summed E-state index contributed by atoms with van der Waals surface area (Å²) in [7, 11) is 0. The second-order valence-electron chi connectivity index (χ2n) is 1.39. The normalized spacial score (nSPS) is 8.33. The summed E-state index contributed by atoms with van der Waals surface area (Å²) >= 11 is 0. The van der Waals surface area contributed by atoms with Crippen molar-refractivity contribution in [2.45, 2.75) is 0 Å². The van der Waals surface area contributed by atoms with E-state index in [1.807, 2.05) is 0 Å². The molecule has 3 heteroatoms. The van der Waals surface area contributed by atoms with E-state index < -0.39 is 5.91 Å². The lowest BCUT2D eigenvalue weighted by Crippen LogP contribution is -1.85. The standard InChI is InChI=1S/C6H3NO2/c1-7-6(8)5-3-2-4-9-5/h2-4H. The third-order valence-corrected chi connectivity index (χ3v) is 0.834. The largest absolute Gasteiger partial charge is 0.472 e. The SMILES string of the molecule is [C-]#[N+]C(=O)c1ccco1. The monoisotopic (exact) mass is 121 g/mol. The number of carbonyl (C=O) groups excluding carboxylic acids is 1. The fraction of sp³-hybridized carbons (Fsp3) is 0. The van der Waals surface area contributed by atoms with Crippen LogP contribution in [-0.2, 0) is 0 Å². The van der Waals surface area contributed by atoms with Crippen molar-refractivity contribution in [3.8, 4) is 0 Å². The Hall–Kier alpha value is -1.56. The van der Waals surface area contributed by atoms with Crippen molar-refractivity contribution in [2.24, 2.45) is 0 Å². The molecule has 0 aliphatic carbocycles. The predicted octanol–water partition coefficient (Wildman–Crippen LogP) is 1.34. The second-order valence-corrected chi connectivity index (χ2v) is 1.39. The molecule has 1 aromatic heterocycles. The first-order valence-corrected chi connectivity index (χ1v) is 2.30. The molecule has 0 saturated carbocycles. The number of amides is 1. The van der Waals surface area contributed by atoms with Crippen molar-refractivity contribution in [3.05, 3.63) is 35.6 Å². The lowest BCUT2D eigenvalue weighted by Gasteiger charge is -1.78. The van der Waals surface area contributed by atoms with Gasteiger partial charge >= 0.3 is 5.91 Å². The number of furan rings is 1. The zero-order valence-electron chi connectivity index (χ0n) is 4.50. The van der Waals surface area contributed by atoms with E-state index in [2.05, 4.69) is 9.26 Å². The summed E-state index contributed by atoms with van der Waals surface area (Å²) in [5, 5.41) is 0. The summed E-state index contributed by atoms with van der Waals surface area (Å²) in [5.41, 5.74) is 0. The zero-order chi connectivity index (χ0) is 6.69. The second kappa shape index (κ2) is 2.14. The van der Waals surface area contributed by atoms with E-state index in [1.165, 1.54) is 12.3 Å². The van der Waals surface area contributed by atoms with Crippen LogP contribution in [0.2, 0.25) is 0 Å². The minimum absolute atomic E-state index is 0.102. The summed E-state index contributed by atoms with van der Waals surface area (Å²) in [6.07, 6.45) is 1.36. The van der Waals surface area contributed by atoms with E-state index in [-0.39, 0.29) is 5.76 Å². The summed E-state index contributed by atoms with van der Waals surface area (Å²) in [6, 6.07) is 3.03. The quantitative estimate of drug-likeness (QED) is 0.525. The van der Waals surface area contributed by atoms with Crippen LogP contribution in [-0.4, -0.2) is 5.91 Å². The van der Waals surface area contributed by atoms with Crippen molar-refractivity contribution in [1.82, 2.24) is 0 Å². The van der Waals surface area contributed by atoms with Gasteiger partial charge in [0, 0.05) is 0 Å². The van der Waals surface area contributed by atoms with E-state index in [0.717, 1.165) is 0 Å². The lowest BCUT2D eigenvalue weighted by molar-refractivity contribution is 0.101. The van der Waals surface area contributed by atoms with Crippen LogP contribution in [0.1, 0.15) is 10.6 Å². The Morgan fingerprint density at radius 3 is 3.00 bits per heavy atom. The Bertz CT molecular complexity index is 243. The van der Waals surface area contributed by atoms with Gasteiger partial charge in [0.15, 0.2) is 5.76 Å². The van der Waals surface area contributed by atoms with E-state index in [4.69, 9.17) is 6.57 Å². The molecule has 0 N–H and O–H groups in total. The van der Waals surface area contributed by atoms with Gasteiger partial charge in [0.1, 0.15) is 0 Å². The van der Waals surface area contributed by atoms with Gasteiger partial charge in [0.25, 0.3) is 0 Å². The van der Waals surface area contributed by atoms with Gasteiger partial charge in [-0.1, -0.05) is 0 Å². The highest BCUT2D eigenvalue weighted by atomic mass is 16.3. The van der Waals surface area contributed by atoms with Crippen LogP contribution < -0.4 is 0 Å². The van der Waals surface area contributed by atoms with Crippen LogP contribution in [0.15, 0.2) is 22.8 Å². The Morgan fingerprint density at radius 1 is 1.78 bits per heavy atom. The highest BCUT2D eigenvalue weighted by Crippen LogP contribution is 2.00. The molecule has 1 aromatic rings. The first-order valence-electron chi connectivity index (χ1n) is 2.30. The molecule has 3 nitrogen and oxygen atoms in total. The minimum Gasteiger partial charge on any atom is -0.472 e. The smallest absolute Gasteiger partial charge is 0.420 e. The van der Waals surface area contributed by atoms with Gasteiger partial charge in [-0.05, 0) is 12.1 Å². The van der Waals surface area contributed by atoms with Crippen LogP contribution in [0.3, 0.4) is 0 Å². The molecule has 0 saturated heterocycles. The number of hydrogen-bond donors (Lipinski definition) is 0. The summed E-state index contributed by atoms with van der Waals surface area (Å²) in [6.45, 7) is 6.30. The van der Waals surface area contributed by atoms with Gasteiger partial charge in [0.05, 0.1) is 12.8 Å². The first kappa shape index (κ1) is 5.57. The van der Waals surface area contributed by atoms with Crippen molar-refractivity contribution < 1.29 is 9.21 Å². The van der Waals surface area contributed by atoms with Crippen molar-refractivity contribution in [1.29, 1.82) is 0 Å². The Balaban J connectivity index is 2.93.